The number of aliphatic hydroxyl groups excluding tert-OH is 2. The quantitative estimate of drug-likeness (QED) is 0.0320. The maximum absolute atomic E-state index is 12.5. The lowest BCUT2D eigenvalue weighted by Gasteiger charge is -2.22. The number of unbranched alkanes of at least 4 members (excludes halogenated alkanes) is 42. The Morgan fingerprint density at radius 2 is 0.676 bits per heavy atom. The van der Waals surface area contributed by atoms with E-state index in [1.165, 1.54) is 257 Å². The standard InChI is InChI=1S/C68H127NO5/c1-3-5-7-9-11-13-15-17-19-29-34-38-42-46-50-54-58-62-68(73)74-63-59-55-51-47-43-39-35-31-28-26-24-22-20-21-23-25-27-30-33-37-41-45-49-53-57-61-67(72)69-65(64-70)66(71)60-56-52-48-44-40-36-32-18-16-14-12-10-8-6-4-2/h11,13,17,19,21-24,65-66,70-71H,3-10,12,14-16,18,20,25-64H2,1-2H3,(H,69,72)/b13-11-,19-17-,23-21-,24-22-. The average Bonchev–Trinajstić information content (AvgIpc) is 3.40. The van der Waals surface area contributed by atoms with Gasteiger partial charge in [0.05, 0.1) is 25.4 Å². The van der Waals surface area contributed by atoms with Crippen molar-refractivity contribution < 1.29 is 24.5 Å². The summed E-state index contributed by atoms with van der Waals surface area (Å²) in [6.45, 7) is 4.93. The molecule has 0 rings (SSSR count). The molecule has 0 spiro atoms. The third-order valence-corrected chi connectivity index (χ3v) is 15.1. The number of esters is 1. The minimum atomic E-state index is -0.669. The summed E-state index contributed by atoms with van der Waals surface area (Å²) in [6.07, 6.45) is 81.3. The van der Waals surface area contributed by atoms with Gasteiger partial charge in [0.2, 0.25) is 5.91 Å². The van der Waals surface area contributed by atoms with Gasteiger partial charge in [-0.2, -0.15) is 0 Å². The highest BCUT2D eigenvalue weighted by molar-refractivity contribution is 5.76. The number of nitrogens with one attached hydrogen (secondary N) is 1. The summed E-state index contributed by atoms with van der Waals surface area (Å²) in [5.74, 6) is -0.0387. The average molecular weight is 1040 g/mol. The highest BCUT2D eigenvalue weighted by Gasteiger charge is 2.20. The lowest BCUT2D eigenvalue weighted by Crippen LogP contribution is -2.45. The minimum Gasteiger partial charge on any atom is -0.466 e. The molecule has 0 aliphatic heterocycles. The van der Waals surface area contributed by atoms with Crippen molar-refractivity contribution in [1.29, 1.82) is 0 Å². The first-order chi connectivity index (χ1) is 36.5. The van der Waals surface area contributed by atoms with Gasteiger partial charge in [-0.3, -0.25) is 9.59 Å². The molecule has 0 aromatic rings. The van der Waals surface area contributed by atoms with E-state index in [4.69, 9.17) is 4.74 Å². The number of hydrogen-bond acceptors (Lipinski definition) is 5. The van der Waals surface area contributed by atoms with Crippen molar-refractivity contribution in [2.75, 3.05) is 13.2 Å². The number of carbonyl (C=O) groups excluding carboxylic acids is 2. The van der Waals surface area contributed by atoms with Crippen LogP contribution < -0.4 is 5.32 Å². The van der Waals surface area contributed by atoms with Crippen molar-refractivity contribution in [3.05, 3.63) is 48.6 Å². The molecule has 0 bridgehead atoms. The summed E-state index contributed by atoms with van der Waals surface area (Å²) in [4.78, 5) is 24.6. The van der Waals surface area contributed by atoms with Crippen LogP contribution in [0, 0.1) is 0 Å². The maximum atomic E-state index is 12.5. The smallest absolute Gasteiger partial charge is 0.305 e. The molecule has 0 fully saturated rings. The highest BCUT2D eigenvalue weighted by atomic mass is 16.5. The van der Waals surface area contributed by atoms with Gasteiger partial charge < -0.3 is 20.3 Å². The van der Waals surface area contributed by atoms with Gasteiger partial charge in [0, 0.05) is 12.8 Å². The van der Waals surface area contributed by atoms with Crippen molar-refractivity contribution >= 4 is 11.9 Å². The molecule has 6 heteroatoms. The molecule has 0 radical (unpaired) electrons. The molecule has 0 aliphatic rings. The zero-order valence-electron chi connectivity index (χ0n) is 49.6. The molecule has 0 aromatic carbocycles. The van der Waals surface area contributed by atoms with Gasteiger partial charge in [-0.05, 0) is 89.9 Å². The topological polar surface area (TPSA) is 95.9 Å². The van der Waals surface area contributed by atoms with Crippen molar-refractivity contribution in [3.8, 4) is 0 Å². The van der Waals surface area contributed by atoms with E-state index in [9.17, 15) is 19.8 Å². The second kappa shape index (κ2) is 63.4. The Balaban J connectivity index is 3.43. The van der Waals surface area contributed by atoms with Crippen molar-refractivity contribution in [1.82, 2.24) is 5.32 Å². The molecule has 2 unspecified atom stereocenters. The highest BCUT2D eigenvalue weighted by Crippen LogP contribution is 2.17. The van der Waals surface area contributed by atoms with Gasteiger partial charge in [-0.1, -0.05) is 294 Å². The lowest BCUT2D eigenvalue weighted by atomic mass is 10.0. The molecule has 0 saturated heterocycles. The third kappa shape index (κ3) is 59.1. The van der Waals surface area contributed by atoms with Gasteiger partial charge >= 0.3 is 5.97 Å². The monoisotopic (exact) mass is 1040 g/mol. The van der Waals surface area contributed by atoms with Crippen molar-refractivity contribution in [3.63, 3.8) is 0 Å². The van der Waals surface area contributed by atoms with E-state index >= 15 is 0 Å². The number of allylic oxidation sites excluding steroid dienone is 8. The molecule has 434 valence electrons. The van der Waals surface area contributed by atoms with Crippen LogP contribution in [0.1, 0.15) is 348 Å². The van der Waals surface area contributed by atoms with Crippen LogP contribution in [0.5, 0.6) is 0 Å². The van der Waals surface area contributed by atoms with Crippen LogP contribution in [0.3, 0.4) is 0 Å². The van der Waals surface area contributed by atoms with E-state index < -0.39 is 12.1 Å². The SMILES string of the molecule is CCCCC/C=C\C/C=C\CCCCCCCCCC(=O)OCCCCCCCCCCC/C=C\C/C=C\CCCCCCCCCCCC(=O)NC(CO)C(O)CCCCCCCCCCCCCCCCC. The number of ether oxygens (including phenoxy) is 1. The summed E-state index contributed by atoms with van der Waals surface area (Å²) in [5, 5.41) is 23.3. The first kappa shape index (κ1) is 71.8. The van der Waals surface area contributed by atoms with Gasteiger partial charge in [-0.25, -0.2) is 0 Å². The molecule has 6 nitrogen and oxygen atoms in total. The molecule has 0 aliphatic carbocycles. The number of carbonyl (C=O) groups is 2. The van der Waals surface area contributed by atoms with Gasteiger partial charge in [0.25, 0.3) is 0 Å². The number of hydrogen-bond donors (Lipinski definition) is 3. The summed E-state index contributed by atoms with van der Waals surface area (Å²) in [6, 6.07) is -0.547. The molecule has 2 atom stereocenters. The first-order valence-electron chi connectivity index (χ1n) is 32.9. The Labute approximate surface area is 461 Å². The Hall–Kier alpha value is -2.18. The van der Waals surface area contributed by atoms with Crippen LogP contribution in [0.25, 0.3) is 0 Å². The molecule has 0 heterocycles. The molecule has 3 N–H and O–H groups in total. The fraction of sp³-hybridized carbons (Fsp3) is 0.853. The Morgan fingerprint density at radius 3 is 1.05 bits per heavy atom. The normalized spacial score (nSPS) is 12.9. The summed E-state index contributed by atoms with van der Waals surface area (Å²) in [7, 11) is 0. The predicted octanol–water partition coefficient (Wildman–Crippen LogP) is 20.9. The molecule has 1 amide bonds. The van der Waals surface area contributed by atoms with Crippen molar-refractivity contribution in [2.45, 2.75) is 360 Å². The number of aliphatic hydroxyl groups is 2. The Bertz CT molecular complexity index is 1240. The molecule has 0 aromatic heterocycles. The molecular weight excluding hydrogens is 911 g/mol. The summed E-state index contributed by atoms with van der Waals surface area (Å²) in [5.41, 5.74) is 0. The predicted molar refractivity (Wildman–Crippen MR) is 324 cm³/mol. The van der Waals surface area contributed by atoms with Crippen LogP contribution >= 0.6 is 0 Å². The van der Waals surface area contributed by atoms with Crippen molar-refractivity contribution in [2.24, 2.45) is 0 Å². The van der Waals surface area contributed by atoms with E-state index in [0.717, 1.165) is 57.8 Å². The number of amides is 1. The number of rotatable bonds is 61. The summed E-state index contributed by atoms with van der Waals surface area (Å²) < 4.78 is 5.49. The van der Waals surface area contributed by atoms with Crippen LogP contribution in [0.2, 0.25) is 0 Å². The van der Waals surface area contributed by atoms with E-state index in [1.807, 2.05) is 0 Å². The maximum Gasteiger partial charge on any atom is 0.305 e. The third-order valence-electron chi connectivity index (χ3n) is 15.1. The van der Waals surface area contributed by atoms with Gasteiger partial charge in [0.1, 0.15) is 0 Å². The molecule has 0 saturated carbocycles. The Kier molecular flexibility index (Phi) is 61.5. The van der Waals surface area contributed by atoms with Crippen LogP contribution in [0.4, 0.5) is 0 Å². The van der Waals surface area contributed by atoms with Crippen LogP contribution in [0.15, 0.2) is 48.6 Å². The zero-order chi connectivity index (χ0) is 53.6. The fourth-order valence-electron chi connectivity index (χ4n) is 10.1. The van der Waals surface area contributed by atoms with Crippen LogP contribution in [-0.4, -0.2) is 47.4 Å². The van der Waals surface area contributed by atoms with Gasteiger partial charge in [0.15, 0.2) is 0 Å². The fourth-order valence-corrected chi connectivity index (χ4v) is 10.1. The van der Waals surface area contributed by atoms with E-state index in [1.54, 1.807) is 0 Å². The lowest BCUT2D eigenvalue weighted by molar-refractivity contribution is -0.143. The second-order valence-corrected chi connectivity index (χ2v) is 22.4. The van der Waals surface area contributed by atoms with Crippen LogP contribution in [-0.2, 0) is 14.3 Å². The van der Waals surface area contributed by atoms with Gasteiger partial charge in [-0.15, -0.1) is 0 Å². The largest absolute Gasteiger partial charge is 0.466 e. The first-order valence-corrected chi connectivity index (χ1v) is 32.9. The van der Waals surface area contributed by atoms with E-state index in [0.29, 0.717) is 25.9 Å². The zero-order valence-corrected chi connectivity index (χ0v) is 49.6. The summed E-state index contributed by atoms with van der Waals surface area (Å²) >= 11 is 0. The van der Waals surface area contributed by atoms with E-state index in [2.05, 4.69) is 67.8 Å². The van der Waals surface area contributed by atoms with E-state index in [-0.39, 0.29) is 18.5 Å². The molecular formula is C68H127NO5. The minimum absolute atomic E-state index is 0.00120. The molecule has 74 heavy (non-hydrogen) atoms. The second-order valence-electron chi connectivity index (χ2n) is 22.4. The Morgan fingerprint density at radius 1 is 0.378 bits per heavy atom.